The first-order chi connectivity index (χ1) is 13.1. The van der Waals surface area contributed by atoms with Gasteiger partial charge in [-0.1, -0.05) is 52.7 Å². The SMILES string of the molecule is O=C(/C=C/c1ccc(Cl)cc1Cl)Nc1cccc(-c2nn3cnnc3s2)c1. The lowest BCUT2D eigenvalue weighted by Gasteiger charge is -2.04. The number of aromatic nitrogens is 4. The Kier molecular flexibility index (Phi) is 4.89. The van der Waals surface area contributed by atoms with Crippen molar-refractivity contribution < 1.29 is 4.79 Å². The van der Waals surface area contributed by atoms with Crippen molar-refractivity contribution in [2.75, 3.05) is 5.32 Å². The fourth-order valence-electron chi connectivity index (χ4n) is 2.39. The van der Waals surface area contributed by atoms with Gasteiger partial charge in [-0.25, -0.2) is 0 Å². The number of nitrogens with zero attached hydrogens (tertiary/aromatic N) is 4. The van der Waals surface area contributed by atoms with Crippen LogP contribution in [0.15, 0.2) is 54.9 Å². The fourth-order valence-corrected chi connectivity index (χ4v) is 3.68. The maximum atomic E-state index is 12.2. The van der Waals surface area contributed by atoms with Crippen molar-refractivity contribution in [3.63, 3.8) is 0 Å². The summed E-state index contributed by atoms with van der Waals surface area (Å²) in [5.74, 6) is -0.267. The Hall–Kier alpha value is -2.74. The van der Waals surface area contributed by atoms with Crippen molar-refractivity contribution >= 4 is 57.2 Å². The average Bonchev–Trinajstić information content (AvgIpc) is 3.23. The minimum atomic E-state index is -0.267. The quantitative estimate of drug-likeness (QED) is 0.485. The predicted molar refractivity (Wildman–Crippen MR) is 108 cm³/mol. The summed E-state index contributed by atoms with van der Waals surface area (Å²) in [6, 6.07) is 12.5. The second-order valence-corrected chi connectivity index (χ2v) is 7.33. The number of hydrogen-bond donors (Lipinski definition) is 1. The zero-order valence-corrected chi connectivity index (χ0v) is 16.0. The molecule has 1 amide bonds. The average molecular weight is 416 g/mol. The molecule has 4 rings (SSSR count). The van der Waals surface area contributed by atoms with E-state index < -0.39 is 0 Å². The lowest BCUT2D eigenvalue weighted by atomic mass is 10.2. The van der Waals surface area contributed by atoms with Crippen LogP contribution < -0.4 is 5.32 Å². The summed E-state index contributed by atoms with van der Waals surface area (Å²) in [4.78, 5) is 12.9. The molecule has 9 heteroatoms. The second kappa shape index (κ2) is 7.48. The van der Waals surface area contributed by atoms with Crippen LogP contribution in [-0.2, 0) is 4.79 Å². The number of anilines is 1. The van der Waals surface area contributed by atoms with Gasteiger partial charge in [-0.3, -0.25) is 4.79 Å². The van der Waals surface area contributed by atoms with E-state index in [0.717, 1.165) is 10.6 Å². The molecule has 2 aromatic heterocycles. The fraction of sp³-hybridized carbons (Fsp3) is 0. The molecule has 27 heavy (non-hydrogen) atoms. The van der Waals surface area contributed by atoms with Crippen molar-refractivity contribution in [2.45, 2.75) is 0 Å². The van der Waals surface area contributed by atoms with Crippen molar-refractivity contribution in [1.29, 1.82) is 0 Å². The van der Waals surface area contributed by atoms with E-state index in [0.29, 0.717) is 26.3 Å². The van der Waals surface area contributed by atoms with Crippen LogP contribution in [-0.4, -0.2) is 25.7 Å². The van der Waals surface area contributed by atoms with Crippen LogP contribution in [0.3, 0.4) is 0 Å². The van der Waals surface area contributed by atoms with Gasteiger partial charge >= 0.3 is 0 Å². The molecule has 0 atom stereocenters. The Balaban J connectivity index is 1.50. The molecule has 2 aromatic carbocycles. The van der Waals surface area contributed by atoms with Crippen LogP contribution in [0.2, 0.25) is 10.0 Å². The third-order valence-corrected chi connectivity index (χ3v) is 5.17. The Labute approximate surface area is 168 Å². The number of nitrogens with one attached hydrogen (secondary N) is 1. The van der Waals surface area contributed by atoms with Gasteiger partial charge < -0.3 is 5.32 Å². The summed E-state index contributed by atoms with van der Waals surface area (Å²) in [5, 5.41) is 16.8. The number of amides is 1. The molecule has 0 aliphatic heterocycles. The highest BCUT2D eigenvalue weighted by atomic mass is 35.5. The van der Waals surface area contributed by atoms with Gasteiger partial charge in [0.05, 0.1) is 0 Å². The molecule has 134 valence electrons. The maximum absolute atomic E-state index is 12.2. The summed E-state index contributed by atoms with van der Waals surface area (Å²) in [6.45, 7) is 0. The summed E-state index contributed by atoms with van der Waals surface area (Å²) < 4.78 is 1.61. The van der Waals surface area contributed by atoms with E-state index in [4.69, 9.17) is 23.2 Å². The molecule has 0 spiro atoms. The number of hydrogen-bond acceptors (Lipinski definition) is 5. The van der Waals surface area contributed by atoms with E-state index in [1.807, 2.05) is 24.3 Å². The molecular formula is C18H11Cl2N5OS. The molecular weight excluding hydrogens is 405 g/mol. The van der Waals surface area contributed by atoms with Crippen LogP contribution >= 0.6 is 34.5 Å². The molecule has 0 saturated carbocycles. The molecule has 0 unspecified atom stereocenters. The minimum absolute atomic E-state index is 0.267. The van der Waals surface area contributed by atoms with Gasteiger partial charge in [-0.05, 0) is 35.9 Å². The number of halogens is 2. The molecule has 6 nitrogen and oxygen atoms in total. The topological polar surface area (TPSA) is 72.2 Å². The Morgan fingerprint density at radius 3 is 2.89 bits per heavy atom. The zero-order chi connectivity index (χ0) is 18.8. The first-order valence-corrected chi connectivity index (χ1v) is 9.37. The number of rotatable bonds is 4. The Morgan fingerprint density at radius 1 is 1.19 bits per heavy atom. The van der Waals surface area contributed by atoms with Gasteiger partial charge in [0.1, 0.15) is 11.3 Å². The van der Waals surface area contributed by atoms with Gasteiger partial charge in [0.2, 0.25) is 10.9 Å². The lowest BCUT2D eigenvalue weighted by Crippen LogP contribution is -2.07. The van der Waals surface area contributed by atoms with Gasteiger partial charge in [-0.2, -0.15) is 9.61 Å². The largest absolute Gasteiger partial charge is 0.322 e. The van der Waals surface area contributed by atoms with Crippen molar-refractivity contribution in [3.05, 3.63) is 70.5 Å². The maximum Gasteiger partial charge on any atom is 0.248 e. The predicted octanol–water partition coefficient (Wildman–Crippen LogP) is 4.81. The van der Waals surface area contributed by atoms with Crippen LogP contribution in [0.1, 0.15) is 5.56 Å². The minimum Gasteiger partial charge on any atom is -0.322 e. The van der Waals surface area contributed by atoms with Gasteiger partial charge in [0.15, 0.2) is 0 Å². The standard InChI is InChI=1S/C18H11Cl2N5OS/c19-13-6-4-11(15(20)9-13)5-7-16(26)22-14-3-1-2-12(8-14)17-24-25-10-21-23-18(25)27-17/h1-10H,(H,22,26)/b7-5+. The van der Waals surface area contributed by atoms with Gasteiger partial charge in [0, 0.05) is 27.4 Å². The molecule has 1 N–H and O–H groups in total. The van der Waals surface area contributed by atoms with Gasteiger partial charge in [0.25, 0.3) is 0 Å². The number of carbonyl (C=O) groups is 1. The number of carbonyl (C=O) groups excluding carboxylic acids is 1. The van der Waals surface area contributed by atoms with E-state index in [2.05, 4.69) is 20.6 Å². The smallest absolute Gasteiger partial charge is 0.248 e. The van der Waals surface area contributed by atoms with Gasteiger partial charge in [-0.15, -0.1) is 10.2 Å². The molecule has 0 fully saturated rings. The molecule has 0 saturated heterocycles. The Morgan fingerprint density at radius 2 is 2.07 bits per heavy atom. The monoisotopic (exact) mass is 415 g/mol. The highest BCUT2D eigenvalue weighted by molar-refractivity contribution is 7.19. The summed E-state index contributed by atoms with van der Waals surface area (Å²) >= 11 is 13.4. The van der Waals surface area contributed by atoms with E-state index in [-0.39, 0.29) is 5.91 Å². The zero-order valence-electron chi connectivity index (χ0n) is 13.6. The summed E-state index contributed by atoms with van der Waals surface area (Å²) in [6.07, 6.45) is 4.61. The van der Waals surface area contributed by atoms with Crippen molar-refractivity contribution in [3.8, 4) is 10.6 Å². The second-order valence-electron chi connectivity index (χ2n) is 5.53. The van der Waals surface area contributed by atoms with E-state index >= 15 is 0 Å². The van der Waals surface area contributed by atoms with E-state index in [1.54, 1.807) is 35.1 Å². The summed E-state index contributed by atoms with van der Waals surface area (Å²) in [5.41, 5.74) is 2.26. The molecule has 0 radical (unpaired) electrons. The highest BCUT2D eigenvalue weighted by Gasteiger charge is 2.09. The van der Waals surface area contributed by atoms with Crippen molar-refractivity contribution in [2.24, 2.45) is 0 Å². The van der Waals surface area contributed by atoms with Crippen LogP contribution in [0.25, 0.3) is 21.6 Å². The first-order valence-electron chi connectivity index (χ1n) is 7.80. The molecule has 4 aromatic rings. The Bertz CT molecular complexity index is 1140. The molecule has 0 bridgehead atoms. The normalized spacial score (nSPS) is 11.3. The highest BCUT2D eigenvalue weighted by Crippen LogP contribution is 2.27. The molecule has 0 aliphatic carbocycles. The van der Waals surface area contributed by atoms with Crippen LogP contribution in [0.4, 0.5) is 5.69 Å². The third kappa shape index (κ3) is 4.00. The van der Waals surface area contributed by atoms with Crippen LogP contribution in [0, 0.1) is 0 Å². The lowest BCUT2D eigenvalue weighted by molar-refractivity contribution is -0.111. The first kappa shape index (κ1) is 17.7. The summed E-state index contributed by atoms with van der Waals surface area (Å²) in [7, 11) is 0. The third-order valence-electron chi connectivity index (χ3n) is 3.64. The van der Waals surface area contributed by atoms with Crippen molar-refractivity contribution in [1.82, 2.24) is 19.8 Å². The molecule has 0 aliphatic rings. The van der Waals surface area contributed by atoms with E-state index in [9.17, 15) is 4.79 Å². The van der Waals surface area contributed by atoms with Crippen LogP contribution in [0.5, 0.6) is 0 Å². The number of benzene rings is 2. The number of fused-ring (bicyclic) bond motifs is 1. The molecule has 2 heterocycles. The van der Waals surface area contributed by atoms with E-state index in [1.165, 1.54) is 17.4 Å².